The number of pyridine rings is 2. The molecule has 4 aromatic rings. The van der Waals surface area contributed by atoms with E-state index in [9.17, 15) is 4.39 Å². The lowest BCUT2D eigenvalue weighted by atomic mass is 10.0. The number of H-pyrrole nitrogens is 1. The van der Waals surface area contributed by atoms with E-state index >= 15 is 0 Å². The maximum absolute atomic E-state index is 14.9. The Morgan fingerprint density at radius 3 is 2.67 bits per heavy atom. The van der Waals surface area contributed by atoms with Crippen LogP contribution in [0, 0.1) is 11.9 Å². The molecule has 0 radical (unpaired) electrons. The van der Waals surface area contributed by atoms with Gasteiger partial charge in [-0.05, 0) is 55.4 Å². The number of aromatic nitrogens is 5. The maximum atomic E-state index is 14.9. The highest BCUT2D eigenvalue weighted by molar-refractivity contribution is 5.82. The number of nitrogens with zero attached hydrogens (tertiary/aromatic N) is 4. The Kier molecular flexibility index (Phi) is 5.24. The highest BCUT2D eigenvalue weighted by atomic mass is 19.1. The predicted octanol–water partition coefficient (Wildman–Crippen LogP) is 5.83. The molecule has 2 N–H and O–H groups in total. The van der Waals surface area contributed by atoms with Crippen molar-refractivity contribution in [3.05, 3.63) is 71.4 Å². The summed E-state index contributed by atoms with van der Waals surface area (Å²) in [5, 5.41) is 4.18. The number of hydrogen-bond acceptors (Lipinski definition) is 5. The number of hydrogen-bond donors (Lipinski definition) is 2. The van der Waals surface area contributed by atoms with Crippen molar-refractivity contribution in [2.24, 2.45) is 5.92 Å². The molecule has 33 heavy (non-hydrogen) atoms. The topological polar surface area (TPSA) is 79.4 Å². The number of anilines is 2. The van der Waals surface area contributed by atoms with Crippen LogP contribution in [0.3, 0.4) is 0 Å². The molecule has 4 heterocycles. The van der Waals surface area contributed by atoms with Gasteiger partial charge in [0.1, 0.15) is 17.8 Å². The van der Waals surface area contributed by atoms with E-state index in [-0.39, 0.29) is 0 Å². The molecule has 168 valence electrons. The fourth-order valence-corrected chi connectivity index (χ4v) is 4.51. The molecule has 6 rings (SSSR count). The van der Waals surface area contributed by atoms with Gasteiger partial charge in [0.15, 0.2) is 0 Å². The van der Waals surface area contributed by atoms with Gasteiger partial charge < -0.3 is 10.3 Å². The number of fused-ring (bicyclic) bond motifs is 1. The van der Waals surface area contributed by atoms with Crippen LogP contribution in [0.5, 0.6) is 0 Å². The minimum absolute atomic E-state index is 0.444. The van der Waals surface area contributed by atoms with Crippen molar-refractivity contribution in [3.8, 4) is 0 Å². The largest absolute Gasteiger partial charge is 0.346 e. The highest BCUT2D eigenvalue weighted by Crippen LogP contribution is 2.39. The molecule has 2 fully saturated rings. The van der Waals surface area contributed by atoms with Crippen molar-refractivity contribution >= 4 is 22.5 Å². The van der Waals surface area contributed by atoms with Gasteiger partial charge in [-0.2, -0.15) is 4.39 Å². The molecular weight excluding hydrogens is 415 g/mol. The molecule has 2 aliphatic carbocycles. The Morgan fingerprint density at radius 2 is 1.91 bits per heavy atom. The Labute approximate surface area is 192 Å². The summed E-state index contributed by atoms with van der Waals surface area (Å²) >= 11 is 0. The lowest BCUT2D eigenvalue weighted by Gasteiger charge is -2.09. The molecule has 2 aliphatic rings. The molecule has 7 heteroatoms. The normalized spacial score (nSPS) is 15.8. The first-order valence-electron chi connectivity index (χ1n) is 11.9. The lowest BCUT2D eigenvalue weighted by molar-refractivity contribution is 0.572. The van der Waals surface area contributed by atoms with Crippen LogP contribution in [0.2, 0.25) is 0 Å². The number of nitrogens with one attached hydrogen (secondary N) is 2. The van der Waals surface area contributed by atoms with Crippen LogP contribution in [0.1, 0.15) is 67.0 Å². The summed E-state index contributed by atoms with van der Waals surface area (Å²) in [5.41, 5.74) is 5.36. The summed E-state index contributed by atoms with van der Waals surface area (Å²) in [6.07, 6.45) is 14.3. The van der Waals surface area contributed by atoms with Crippen LogP contribution < -0.4 is 5.32 Å². The monoisotopic (exact) mass is 442 g/mol. The zero-order valence-electron chi connectivity index (χ0n) is 18.5. The minimum Gasteiger partial charge on any atom is -0.346 e. The molecular formula is C26H27FN6. The molecule has 0 bridgehead atoms. The second-order valence-corrected chi connectivity index (χ2v) is 9.39. The molecule has 0 aromatic carbocycles. The molecule has 0 unspecified atom stereocenters. The fraction of sp³-hybridized carbons (Fsp3) is 0.385. The van der Waals surface area contributed by atoms with Crippen molar-refractivity contribution in [3.63, 3.8) is 0 Å². The smallest absolute Gasteiger partial charge is 0.218 e. The molecule has 0 spiro atoms. The van der Waals surface area contributed by atoms with Gasteiger partial charge in [0.05, 0.1) is 17.6 Å². The quantitative estimate of drug-likeness (QED) is 0.319. The highest BCUT2D eigenvalue weighted by Gasteiger charge is 2.24. The van der Waals surface area contributed by atoms with Crippen LogP contribution in [-0.4, -0.2) is 24.9 Å². The summed E-state index contributed by atoms with van der Waals surface area (Å²) in [4.78, 5) is 20.8. The van der Waals surface area contributed by atoms with Crippen molar-refractivity contribution in [2.75, 3.05) is 5.32 Å². The van der Waals surface area contributed by atoms with Gasteiger partial charge in [-0.3, -0.25) is 4.98 Å². The SMILES string of the molecule is Fc1nc(Nc2ccc(C3CC3)nc2)ccc1Cc1c[nH]c2ncnc(CCCC3CC3)c12. The van der Waals surface area contributed by atoms with Crippen LogP contribution in [0.25, 0.3) is 11.0 Å². The third-order valence-corrected chi connectivity index (χ3v) is 6.71. The molecule has 0 saturated heterocycles. The minimum atomic E-state index is -0.468. The van der Waals surface area contributed by atoms with E-state index in [4.69, 9.17) is 0 Å². The fourth-order valence-electron chi connectivity index (χ4n) is 4.51. The van der Waals surface area contributed by atoms with Gasteiger partial charge in [-0.15, -0.1) is 0 Å². The molecule has 0 amide bonds. The number of aromatic amines is 1. The van der Waals surface area contributed by atoms with E-state index in [0.717, 1.165) is 52.4 Å². The van der Waals surface area contributed by atoms with Gasteiger partial charge in [-0.25, -0.2) is 15.0 Å². The van der Waals surface area contributed by atoms with Crippen LogP contribution in [0.15, 0.2) is 43.0 Å². The second kappa shape index (κ2) is 8.54. The van der Waals surface area contributed by atoms with E-state index < -0.39 is 5.95 Å². The van der Waals surface area contributed by atoms with Crippen molar-refractivity contribution in [1.29, 1.82) is 0 Å². The molecule has 0 aliphatic heterocycles. The van der Waals surface area contributed by atoms with Crippen molar-refractivity contribution in [2.45, 2.75) is 57.3 Å². The van der Waals surface area contributed by atoms with Gasteiger partial charge in [-0.1, -0.05) is 25.3 Å². The average Bonchev–Trinajstić information content (AvgIpc) is 3.75. The van der Waals surface area contributed by atoms with E-state index in [1.807, 2.05) is 24.4 Å². The lowest BCUT2D eigenvalue weighted by Crippen LogP contribution is -2.01. The van der Waals surface area contributed by atoms with Crippen LogP contribution in [0.4, 0.5) is 15.9 Å². The molecule has 6 nitrogen and oxygen atoms in total. The third kappa shape index (κ3) is 4.58. The zero-order chi connectivity index (χ0) is 22.2. The summed E-state index contributed by atoms with van der Waals surface area (Å²) in [6, 6.07) is 7.62. The Balaban J connectivity index is 1.18. The number of rotatable bonds is 9. The van der Waals surface area contributed by atoms with E-state index in [2.05, 4.69) is 30.2 Å². The summed E-state index contributed by atoms with van der Waals surface area (Å²) < 4.78 is 14.9. The van der Waals surface area contributed by atoms with E-state index in [1.165, 1.54) is 32.1 Å². The average molecular weight is 443 g/mol. The summed E-state index contributed by atoms with van der Waals surface area (Å²) in [7, 11) is 0. The number of halogens is 1. The Bertz CT molecular complexity index is 1270. The van der Waals surface area contributed by atoms with Crippen LogP contribution in [-0.2, 0) is 12.8 Å². The zero-order valence-corrected chi connectivity index (χ0v) is 18.5. The standard InChI is InChI=1S/C26H27FN6/c27-25-18(8-11-23(33-25)32-20-9-10-21(28-14-20)17-6-7-17)12-19-13-29-26-24(19)22(30-15-31-26)3-1-2-16-4-5-16/h8-11,13-17H,1-7,12H2,(H,32,33)(H,29,30,31). The van der Waals surface area contributed by atoms with Gasteiger partial charge in [0.2, 0.25) is 5.95 Å². The Morgan fingerprint density at radius 1 is 1.00 bits per heavy atom. The summed E-state index contributed by atoms with van der Waals surface area (Å²) in [5.74, 6) is 1.53. The van der Waals surface area contributed by atoms with Crippen molar-refractivity contribution in [1.82, 2.24) is 24.9 Å². The van der Waals surface area contributed by atoms with Gasteiger partial charge >= 0.3 is 0 Å². The van der Waals surface area contributed by atoms with Gasteiger partial charge in [0, 0.05) is 35.2 Å². The third-order valence-electron chi connectivity index (χ3n) is 6.71. The second-order valence-electron chi connectivity index (χ2n) is 9.39. The first kappa shape index (κ1) is 20.3. The summed E-state index contributed by atoms with van der Waals surface area (Å²) in [6.45, 7) is 0. The molecule has 2 saturated carbocycles. The Hall–Kier alpha value is -3.35. The maximum Gasteiger partial charge on any atom is 0.218 e. The predicted molar refractivity (Wildman–Crippen MR) is 126 cm³/mol. The molecule has 0 atom stereocenters. The van der Waals surface area contributed by atoms with Crippen molar-refractivity contribution < 1.29 is 4.39 Å². The van der Waals surface area contributed by atoms with E-state index in [1.54, 1.807) is 18.6 Å². The van der Waals surface area contributed by atoms with Crippen LogP contribution >= 0.6 is 0 Å². The van der Waals surface area contributed by atoms with Gasteiger partial charge in [0.25, 0.3) is 0 Å². The first-order valence-corrected chi connectivity index (χ1v) is 11.9. The first-order chi connectivity index (χ1) is 16.2. The number of aryl methyl sites for hydroxylation is 1. The van der Waals surface area contributed by atoms with E-state index in [0.29, 0.717) is 23.7 Å². The molecule has 4 aromatic heterocycles.